The van der Waals surface area contributed by atoms with E-state index in [0.717, 1.165) is 22.2 Å². The fourth-order valence-electron chi connectivity index (χ4n) is 2.49. The quantitative estimate of drug-likeness (QED) is 0.849. The topological polar surface area (TPSA) is 59.1 Å². The van der Waals surface area contributed by atoms with Gasteiger partial charge in [0.2, 0.25) is 0 Å². The van der Waals surface area contributed by atoms with Crippen molar-refractivity contribution in [3.63, 3.8) is 0 Å². The van der Waals surface area contributed by atoms with Gasteiger partial charge in [0.1, 0.15) is 6.10 Å². The summed E-state index contributed by atoms with van der Waals surface area (Å²) < 4.78 is 0. The van der Waals surface area contributed by atoms with Crippen LogP contribution in [0, 0.1) is 12.8 Å². The third-order valence-corrected chi connectivity index (χ3v) is 4.40. The summed E-state index contributed by atoms with van der Waals surface area (Å²) in [7, 11) is 0. The van der Waals surface area contributed by atoms with Gasteiger partial charge in [0.25, 0.3) is 0 Å². The van der Waals surface area contributed by atoms with Crippen LogP contribution in [-0.4, -0.2) is 16.1 Å². The van der Waals surface area contributed by atoms with Gasteiger partial charge in [-0.3, -0.25) is 0 Å². The Bertz CT molecular complexity index is 334. The number of hydrogen-bond acceptors (Lipinski definition) is 4. The molecule has 1 saturated carbocycles. The summed E-state index contributed by atoms with van der Waals surface area (Å²) in [5, 5.41) is 11.1. The van der Waals surface area contributed by atoms with Crippen molar-refractivity contribution in [1.29, 1.82) is 0 Å². The zero-order chi connectivity index (χ0) is 11.5. The van der Waals surface area contributed by atoms with E-state index in [0.29, 0.717) is 0 Å². The monoisotopic (exact) mass is 240 g/mol. The first-order valence-corrected chi connectivity index (χ1v) is 6.84. The lowest BCUT2D eigenvalue weighted by Gasteiger charge is -2.20. The van der Waals surface area contributed by atoms with Crippen LogP contribution >= 0.6 is 11.3 Å². The SMILES string of the molecule is Cc1ncc(C(O)C(N)CC2CCCC2)s1. The first kappa shape index (κ1) is 12.0. The predicted molar refractivity (Wildman–Crippen MR) is 66.4 cm³/mol. The van der Waals surface area contributed by atoms with Gasteiger partial charge in [-0.05, 0) is 19.3 Å². The van der Waals surface area contributed by atoms with E-state index in [2.05, 4.69) is 4.98 Å². The number of hydrogen-bond donors (Lipinski definition) is 2. The summed E-state index contributed by atoms with van der Waals surface area (Å²) in [4.78, 5) is 5.06. The summed E-state index contributed by atoms with van der Waals surface area (Å²) in [6.07, 6.45) is 7.37. The molecular weight excluding hydrogens is 220 g/mol. The molecule has 0 aliphatic heterocycles. The minimum absolute atomic E-state index is 0.136. The Morgan fingerprint density at radius 2 is 2.25 bits per heavy atom. The molecule has 90 valence electrons. The molecule has 3 nitrogen and oxygen atoms in total. The minimum atomic E-state index is -0.535. The Balaban J connectivity index is 1.90. The zero-order valence-corrected chi connectivity index (χ0v) is 10.5. The number of rotatable bonds is 4. The highest BCUT2D eigenvalue weighted by Crippen LogP contribution is 2.32. The zero-order valence-electron chi connectivity index (χ0n) is 9.72. The molecule has 3 N–H and O–H groups in total. The molecule has 0 spiro atoms. The Labute approximate surface area is 101 Å². The number of thiazole rings is 1. The van der Waals surface area contributed by atoms with E-state index in [1.165, 1.54) is 25.7 Å². The van der Waals surface area contributed by atoms with Crippen LogP contribution in [-0.2, 0) is 0 Å². The summed E-state index contributed by atoms with van der Waals surface area (Å²) in [6, 6.07) is -0.136. The van der Waals surface area contributed by atoms with Gasteiger partial charge in [0.05, 0.1) is 9.88 Å². The van der Waals surface area contributed by atoms with E-state index >= 15 is 0 Å². The molecular formula is C12H20N2OS. The highest BCUT2D eigenvalue weighted by Gasteiger charge is 2.24. The fourth-order valence-corrected chi connectivity index (χ4v) is 3.33. The number of nitrogens with zero attached hydrogens (tertiary/aromatic N) is 1. The van der Waals surface area contributed by atoms with Crippen LogP contribution in [0.4, 0.5) is 0 Å². The molecule has 4 heteroatoms. The molecule has 1 fully saturated rings. The predicted octanol–water partition coefficient (Wildman–Crippen LogP) is 2.39. The van der Waals surface area contributed by atoms with Gasteiger partial charge in [0, 0.05) is 12.2 Å². The molecule has 0 aromatic carbocycles. The third kappa shape index (κ3) is 2.81. The lowest BCUT2D eigenvalue weighted by Crippen LogP contribution is -2.29. The summed E-state index contributed by atoms with van der Waals surface area (Å²) in [5.41, 5.74) is 6.07. The van der Waals surface area contributed by atoms with E-state index in [1.807, 2.05) is 6.92 Å². The Kier molecular flexibility index (Phi) is 3.95. The van der Waals surface area contributed by atoms with Crippen molar-refractivity contribution in [2.45, 2.75) is 51.2 Å². The minimum Gasteiger partial charge on any atom is -0.386 e. The smallest absolute Gasteiger partial charge is 0.105 e. The second-order valence-corrected chi connectivity index (χ2v) is 6.04. The largest absolute Gasteiger partial charge is 0.386 e. The molecule has 2 unspecified atom stereocenters. The van der Waals surface area contributed by atoms with E-state index in [-0.39, 0.29) is 6.04 Å². The lowest BCUT2D eigenvalue weighted by molar-refractivity contribution is 0.136. The summed E-state index contributed by atoms with van der Waals surface area (Å²) in [5.74, 6) is 0.721. The van der Waals surface area contributed by atoms with Crippen LogP contribution < -0.4 is 5.73 Å². The average molecular weight is 240 g/mol. The molecule has 1 aliphatic carbocycles. The van der Waals surface area contributed by atoms with Crippen LogP contribution in [0.15, 0.2) is 6.20 Å². The van der Waals surface area contributed by atoms with Crippen LogP contribution in [0.1, 0.15) is 48.1 Å². The number of aliphatic hydroxyl groups excluding tert-OH is 1. The Hall–Kier alpha value is -0.450. The van der Waals surface area contributed by atoms with Gasteiger partial charge in [0.15, 0.2) is 0 Å². The van der Waals surface area contributed by atoms with E-state index in [9.17, 15) is 5.11 Å². The van der Waals surface area contributed by atoms with E-state index in [1.54, 1.807) is 17.5 Å². The van der Waals surface area contributed by atoms with E-state index in [4.69, 9.17) is 5.73 Å². The van der Waals surface area contributed by atoms with Crippen molar-refractivity contribution in [3.8, 4) is 0 Å². The maximum atomic E-state index is 10.1. The maximum absolute atomic E-state index is 10.1. The highest BCUT2D eigenvalue weighted by atomic mass is 32.1. The van der Waals surface area contributed by atoms with Crippen LogP contribution in [0.3, 0.4) is 0 Å². The number of aryl methyl sites for hydroxylation is 1. The van der Waals surface area contributed by atoms with Crippen molar-refractivity contribution >= 4 is 11.3 Å². The Morgan fingerprint density at radius 1 is 1.56 bits per heavy atom. The molecule has 2 atom stereocenters. The van der Waals surface area contributed by atoms with Crippen LogP contribution in [0.5, 0.6) is 0 Å². The van der Waals surface area contributed by atoms with E-state index < -0.39 is 6.10 Å². The molecule has 0 saturated heterocycles. The van der Waals surface area contributed by atoms with Crippen molar-refractivity contribution in [2.24, 2.45) is 11.7 Å². The van der Waals surface area contributed by atoms with Crippen molar-refractivity contribution in [1.82, 2.24) is 4.98 Å². The maximum Gasteiger partial charge on any atom is 0.105 e. The van der Waals surface area contributed by atoms with Gasteiger partial charge >= 0.3 is 0 Å². The molecule has 0 radical (unpaired) electrons. The number of aliphatic hydroxyl groups is 1. The average Bonchev–Trinajstić information content (AvgIpc) is 2.88. The highest BCUT2D eigenvalue weighted by molar-refractivity contribution is 7.11. The van der Waals surface area contributed by atoms with Crippen molar-refractivity contribution in [2.75, 3.05) is 0 Å². The van der Waals surface area contributed by atoms with Gasteiger partial charge < -0.3 is 10.8 Å². The molecule has 1 heterocycles. The molecule has 1 aromatic heterocycles. The van der Waals surface area contributed by atoms with Gasteiger partial charge in [-0.2, -0.15) is 0 Å². The van der Waals surface area contributed by atoms with Crippen LogP contribution in [0.2, 0.25) is 0 Å². The number of nitrogens with two attached hydrogens (primary N) is 1. The Morgan fingerprint density at radius 3 is 2.81 bits per heavy atom. The van der Waals surface area contributed by atoms with Crippen LogP contribution in [0.25, 0.3) is 0 Å². The third-order valence-electron chi connectivity index (χ3n) is 3.42. The first-order chi connectivity index (χ1) is 7.66. The molecule has 1 aliphatic rings. The van der Waals surface area contributed by atoms with Gasteiger partial charge in [-0.15, -0.1) is 11.3 Å². The van der Waals surface area contributed by atoms with Crippen molar-refractivity contribution in [3.05, 3.63) is 16.1 Å². The molecule has 0 bridgehead atoms. The number of aromatic nitrogens is 1. The lowest BCUT2D eigenvalue weighted by atomic mass is 9.95. The normalized spacial score (nSPS) is 21.2. The standard InChI is InChI=1S/C12H20N2OS/c1-8-14-7-11(16-8)12(15)10(13)6-9-4-2-3-5-9/h7,9-10,12,15H,2-6,13H2,1H3. The van der Waals surface area contributed by atoms with Crippen molar-refractivity contribution < 1.29 is 5.11 Å². The second-order valence-electron chi connectivity index (χ2n) is 4.78. The molecule has 2 rings (SSSR count). The second kappa shape index (κ2) is 5.25. The summed E-state index contributed by atoms with van der Waals surface area (Å²) >= 11 is 1.54. The molecule has 16 heavy (non-hydrogen) atoms. The van der Waals surface area contributed by atoms with Gasteiger partial charge in [-0.25, -0.2) is 4.98 Å². The molecule has 0 amide bonds. The molecule has 1 aromatic rings. The van der Waals surface area contributed by atoms with Gasteiger partial charge in [-0.1, -0.05) is 25.7 Å². The summed E-state index contributed by atoms with van der Waals surface area (Å²) in [6.45, 7) is 1.95. The fraction of sp³-hybridized carbons (Fsp3) is 0.750. The first-order valence-electron chi connectivity index (χ1n) is 6.03.